The fourth-order valence-electron chi connectivity index (χ4n) is 10.8. The number of hydrogen-bond donors (Lipinski definition) is 10. The molecule has 0 fully saturated rings. The van der Waals surface area contributed by atoms with Crippen LogP contribution in [-0.4, -0.2) is 133 Å². The van der Waals surface area contributed by atoms with Gasteiger partial charge in [-0.1, -0.05) is 136 Å². The Labute approximate surface area is 532 Å². The Hall–Kier alpha value is -5.62. The molecule has 3 amide bonds. The SMILES string of the molecule is C=C(CCCCCCCCCCCCCCCS(=O)(=O)O)N[C@@H](CCC(=O)NCCOCCOCC(=O)CCCCC[C@H](N)C(=O)NCCCC[C@H](CC(=O)CC(C)C)C(=O)C(C)[C@@H](CCCCC(=N)N)C(=O)C[C@@H](Cc1ccc(O)cc1)C(N)=O)C(=O)O.[HH]. The number of nitrogens with two attached hydrogens (primary N) is 3. The fraction of sp³-hybridized carbons (Fsp3) is 0.742. The van der Waals surface area contributed by atoms with Gasteiger partial charge in [-0.3, -0.25) is 43.5 Å². The third kappa shape index (κ3) is 43.7. The number of aromatic hydroxyl groups is 1. The third-order valence-corrected chi connectivity index (χ3v) is 16.8. The van der Waals surface area contributed by atoms with Gasteiger partial charge < -0.3 is 52.8 Å². The molecule has 1 aromatic rings. The number of phenolic OH excluding ortho intramolecular Hbond substituents is 1. The van der Waals surface area contributed by atoms with Gasteiger partial charge in [0.15, 0.2) is 5.78 Å². The number of amides is 3. The van der Waals surface area contributed by atoms with E-state index in [0.29, 0.717) is 114 Å². The van der Waals surface area contributed by atoms with Gasteiger partial charge in [0, 0.05) is 82.4 Å². The smallest absolute Gasteiger partial charge is 0.326 e. The second-order valence-electron chi connectivity index (χ2n) is 24.6. The van der Waals surface area contributed by atoms with Gasteiger partial charge >= 0.3 is 5.97 Å². The number of ether oxygens (including phenoxy) is 2. The fourth-order valence-corrected chi connectivity index (χ4v) is 11.4. The van der Waals surface area contributed by atoms with E-state index >= 15 is 0 Å². The van der Waals surface area contributed by atoms with Gasteiger partial charge in [0.25, 0.3) is 10.1 Å². The minimum absolute atomic E-state index is 0. The number of phenols is 1. The van der Waals surface area contributed by atoms with E-state index in [1.165, 1.54) is 37.8 Å². The van der Waals surface area contributed by atoms with Crippen LogP contribution in [0.25, 0.3) is 0 Å². The molecule has 6 atom stereocenters. The first-order chi connectivity index (χ1) is 42.3. The number of carboxylic acids is 1. The highest BCUT2D eigenvalue weighted by Gasteiger charge is 2.36. The first kappa shape index (κ1) is 81.4. The number of aliphatic carboxylic acids is 1. The molecule has 0 saturated carbocycles. The Kier molecular flexibility index (Phi) is 44.9. The molecule has 13 N–H and O–H groups in total. The molecule has 0 saturated heterocycles. The minimum Gasteiger partial charge on any atom is -0.508 e. The summed E-state index contributed by atoms with van der Waals surface area (Å²) in [5, 5.41) is 35.6. The topological polar surface area (TPSA) is 388 Å². The Bertz CT molecular complexity index is 2380. The van der Waals surface area contributed by atoms with Gasteiger partial charge in [-0.2, -0.15) is 8.42 Å². The monoisotopic (exact) mass is 1280 g/mol. The van der Waals surface area contributed by atoms with E-state index < -0.39 is 57.7 Å². The molecule has 0 spiro atoms. The average molecular weight is 1280 g/mol. The zero-order valence-corrected chi connectivity index (χ0v) is 54.8. The molecule has 510 valence electrons. The van der Waals surface area contributed by atoms with Crippen LogP contribution >= 0.6 is 0 Å². The van der Waals surface area contributed by atoms with E-state index in [1.807, 2.05) is 13.8 Å². The summed E-state index contributed by atoms with van der Waals surface area (Å²) in [6.45, 7) is 10.6. The van der Waals surface area contributed by atoms with Crippen LogP contribution in [0, 0.1) is 35.0 Å². The molecule has 89 heavy (non-hydrogen) atoms. The van der Waals surface area contributed by atoms with E-state index in [2.05, 4.69) is 22.5 Å². The molecule has 0 aromatic heterocycles. The molecular weight excluding hydrogens is 1160 g/mol. The molecule has 23 heteroatoms. The Morgan fingerprint density at radius 1 is 0.629 bits per heavy atom. The highest BCUT2D eigenvalue weighted by molar-refractivity contribution is 7.85. The number of nitrogens with one attached hydrogen (secondary N) is 4. The molecule has 0 bridgehead atoms. The number of amidine groups is 1. The number of unbranched alkanes of at least 4 members (excludes halogenated alkanes) is 16. The van der Waals surface area contributed by atoms with Crippen molar-refractivity contribution in [2.45, 2.75) is 238 Å². The van der Waals surface area contributed by atoms with Crippen LogP contribution in [0.3, 0.4) is 0 Å². The number of ketones is 4. The molecule has 1 unspecified atom stereocenters. The summed E-state index contributed by atoms with van der Waals surface area (Å²) in [4.78, 5) is 104. The molecule has 0 radical (unpaired) electrons. The molecule has 0 heterocycles. The number of benzene rings is 1. The molecular formula is C66H115N7O15S. The molecule has 0 aliphatic heterocycles. The van der Waals surface area contributed by atoms with Gasteiger partial charge in [0.2, 0.25) is 17.7 Å². The van der Waals surface area contributed by atoms with E-state index in [9.17, 15) is 57.0 Å². The molecule has 1 rings (SSSR count). The number of rotatable bonds is 60. The standard InChI is InChI=1S/C66H113N7O15S.H2/c1-48(2)43-56(76)45-52(63(79)50(4)57(28-20-21-30-61(68)69)60(77)46-53(64(70)80)44-51-31-33-54(74)34-32-51)26-22-23-37-72-65(81)58(67)29-19-16-18-27-55(75)47-88-41-40-87-39-38-71-62(78)36-35-59(66(82)83)73-49(3)25-17-14-12-10-8-6-5-7-9-11-13-15-24-42-89(84,85)86;/h31-34,48,50,52-53,57-59,73-74H,3,5-30,35-47,67H2,1-2,4H3,(H3,68,69)(H2,70,80)(H,71,78)(H,72,81)(H,82,83)(H,84,85,86);1H/t50?,52-,53-,57-,58+,59+;/m1./s1. The highest BCUT2D eigenvalue weighted by atomic mass is 32.2. The molecule has 0 aliphatic carbocycles. The number of carbonyl (C=O) groups excluding carboxylic acids is 7. The predicted octanol–water partition coefficient (Wildman–Crippen LogP) is 9.15. The second-order valence-corrected chi connectivity index (χ2v) is 26.2. The van der Waals surface area contributed by atoms with Crippen molar-refractivity contribution in [1.29, 1.82) is 5.41 Å². The average Bonchev–Trinajstić information content (AvgIpc) is 3.63. The van der Waals surface area contributed by atoms with Crippen molar-refractivity contribution in [1.82, 2.24) is 16.0 Å². The first-order valence-electron chi connectivity index (χ1n) is 32.9. The zero-order valence-electron chi connectivity index (χ0n) is 54.0. The van der Waals surface area contributed by atoms with Crippen molar-refractivity contribution in [2.75, 3.05) is 45.3 Å². The summed E-state index contributed by atoms with van der Waals surface area (Å²) in [7, 11) is -3.85. The van der Waals surface area contributed by atoms with Crippen LogP contribution < -0.4 is 33.2 Å². The van der Waals surface area contributed by atoms with Crippen molar-refractivity contribution in [3.8, 4) is 5.75 Å². The Morgan fingerprint density at radius 3 is 1.79 bits per heavy atom. The maximum atomic E-state index is 14.4. The lowest BCUT2D eigenvalue weighted by Crippen LogP contribution is -2.40. The van der Waals surface area contributed by atoms with Crippen LogP contribution in [0.5, 0.6) is 5.75 Å². The van der Waals surface area contributed by atoms with Gasteiger partial charge in [0.05, 0.1) is 37.5 Å². The zero-order chi connectivity index (χ0) is 66.4. The van der Waals surface area contributed by atoms with Gasteiger partial charge in [-0.15, -0.1) is 0 Å². The van der Waals surface area contributed by atoms with Crippen molar-refractivity contribution >= 4 is 62.8 Å². The first-order valence-corrected chi connectivity index (χ1v) is 34.5. The van der Waals surface area contributed by atoms with Crippen molar-refractivity contribution in [3.05, 3.63) is 42.1 Å². The lowest BCUT2D eigenvalue weighted by molar-refractivity contribution is -0.139. The van der Waals surface area contributed by atoms with E-state index in [-0.39, 0.29) is 125 Å². The summed E-state index contributed by atoms with van der Waals surface area (Å²) in [6.07, 6.45) is 20.3. The van der Waals surface area contributed by atoms with Gasteiger partial charge in [0.1, 0.15) is 35.7 Å². The number of carboxylic acid groups (broad SMARTS) is 1. The van der Waals surface area contributed by atoms with E-state index in [4.69, 9.17) is 36.6 Å². The van der Waals surface area contributed by atoms with Gasteiger partial charge in [-0.05, 0) is 94.2 Å². The Morgan fingerprint density at radius 2 is 1.19 bits per heavy atom. The lowest BCUT2D eigenvalue weighted by atomic mass is 9.75. The maximum Gasteiger partial charge on any atom is 0.326 e. The minimum atomic E-state index is -3.85. The number of Topliss-reactive ketones (excluding diaryl/α,β-unsaturated/α-hetero) is 4. The van der Waals surface area contributed by atoms with E-state index in [0.717, 1.165) is 51.4 Å². The maximum absolute atomic E-state index is 14.4. The molecule has 22 nitrogen and oxygen atoms in total. The second kappa shape index (κ2) is 49.1. The molecule has 1 aromatic carbocycles. The summed E-state index contributed by atoms with van der Waals surface area (Å²) in [5.74, 6) is -5.96. The van der Waals surface area contributed by atoms with Crippen LogP contribution in [0.1, 0.15) is 227 Å². The third-order valence-electron chi connectivity index (χ3n) is 16.0. The largest absolute Gasteiger partial charge is 0.508 e. The van der Waals surface area contributed by atoms with Crippen LogP contribution in [0.4, 0.5) is 0 Å². The van der Waals surface area contributed by atoms with Crippen molar-refractivity contribution < 1.29 is 72.4 Å². The van der Waals surface area contributed by atoms with Crippen LogP contribution in [0.2, 0.25) is 0 Å². The Balaban J connectivity index is 0.0000792. The highest BCUT2D eigenvalue weighted by Crippen LogP contribution is 2.31. The quantitative estimate of drug-likeness (QED) is 0.0126. The number of allylic oxidation sites excluding steroid dienone is 1. The number of primary amides is 1. The van der Waals surface area contributed by atoms with Crippen LogP contribution in [0.15, 0.2) is 36.5 Å². The summed E-state index contributed by atoms with van der Waals surface area (Å²) < 4.78 is 41.2. The summed E-state index contributed by atoms with van der Waals surface area (Å²) >= 11 is 0. The summed E-state index contributed by atoms with van der Waals surface area (Å²) in [5.41, 5.74) is 18.9. The lowest BCUT2D eigenvalue weighted by Gasteiger charge is -2.27. The predicted molar refractivity (Wildman–Crippen MR) is 348 cm³/mol. The normalized spacial score (nSPS) is 13.6. The van der Waals surface area contributed by atoms with E-state index in [1.54, 1.807) is 19.1 Å². The number of hydrogen-bond acceptors (Lipinski definition) is 16. The van der Waals surface area contributed by atoms with Gasteiger partial charge in [-0.25, -0.2) is 4.79 Å². The van der Waals surface area contributed by atoms with Crippen molar-refractivity contribution in [2.24, 2.45) is 46.8 Å². The summed E-state index contributed by atoms with van der Waals surface area (Å²) in [6, 6.07) is 4.61. The molecule has 0 aliphatic rings. The van der Waals surface area contributed by atoms with Crippen LogP contribution in [-0.2, 0) is 64.4 Å². The van der Waals surface area contributed by atoms with Crippen molar-refractivity contribution in [3.63, 3.8) is 0 Å². The number of carbonyl (C=O) groups is 8.